The van der Waals surface area contributed by atoms with Crippen molar-refractivity contribution < 1.29 is 0 Å². The van der Waals surface area contributed by atoms with Crippen LogP contribution in [0.2, 0.25) is 5.02 Å². The van der Waals surface area contributed by atoms with Gasteiger partial charge >= 0.3 is 0 Å². The summed E-state index contributed by atoms with van der Waals surface area (Å²) < 4.78 is 0. The minimum absolute atomic E-state index is 0.0488. The average Bonchev–Trinajstić information content (AvgIpc) is 2.40. The molecule has 0 unspecified atom stereocenters. The maximum Gasteiger partial charge on any atom is 0.124 e. The van der Waals surface area contributed by atoms with Gasteiger partial charge in [0.05, 0.1) is 5.02 Å². The number of hydrogen-bond donors (Lipinski definition) is 2. The Kier molecular flexibility index (Phi) is 4.59. The molecule has 110 valence electrons. The second kappa shape index (κ2) is 6.08. The topological polar surface area (TPSA) is 62.8 Å². The number of amidine groups is 1. The van der Waals surface area contributed by atoms with Gasteiger partial charge in [-0.25, -0.2) is 4.98 Å². The average molecular weight is 320 g/mol. The predicted molar refractivity (Wildman–Crippen MR) is 89.5 cm³/mol. The summed E-state index contributed by atoms with van der Waals surface area (Å²) in [6, 6.07) is 10.0. The highest BCUT2D eigenvalue weighted by atomic mass is 35.5. The van der Waals surface area contributed by atoms with E-state index >= 15 is 0 Å². The van der Waals surface area contributed by atoms with Crippen LogP contribution in [-0.4, -0.2) is 10.8 Å². The van der Waals surface area contributed by atoms with Crippen molar-refractivity contribution in [2.24, 2.45) is 5.73 Å². The van der Waals surface area contributed by atoms with Crippen molar-refractivity contribution in [1.29, 1.82) is 5.41 Å². The molecule has 0 spiro atoms. The molecule has 2 aromatic rings. The maximum absolute atomic E-state index is 7.51. The number of halogens is 1. The Morgan fingerprint density at radius 3 is 2.33 bits per heavy atom. The normalized spacial score (nSPS) is 11.4. The van der Waals surface area contributed by atoms with E-state index < -0.39 is 0 Å². The molecule has 5 heteroatoms. The van der Waals surface area contributed by atoms with Gasteiger partial charge in [0, 0.05) is 16.7 Å². The molecule has 0 amide bonds. The van der Waals surface area contributed by atoms with E-state index in [1.807, 2.05) is 0 Å². The Labute approximate surface area is 134 Å². The van der Waals surface area contributed by atoms with E-state index in [4.69, 9.17) is 22.7 Å². The Hall–Kier alpha value is -1.52. The van der Waals surface area contributed by atoms with Gasteiger partial charge in [0.1, 0.15) is 10.9 Å². The monoisotopic (exact) mass is 319 g/mol. The zero-order chi connectivity index (χ0) is 15.6. The van der Waals surface area contributed by atoms with Gasteiger partial charge in [-0.05, 0) is 29.2 Å². The number of rotatable bonds is 3. The van der Waals surface area contributed by atoms with Gasteiger partial charge in [-0.2, -0.15) is 0 Å². The fraction of sp³-hybridized carbons (Fsp3) is 0.250. The number of nitrogens with zero attached hydrogens (tertiary/aromatic N) is 1. The molecule has 1 aromatic carbocycles. The molecule has 1 aromatic heterocycles. The molecule has 0 aliphatic heterocycles. The van der Waals surface area contributed by atoms with E-state index in [9.17, 15) is 0 Å². The number of nitrogens with two attached hydrogens (primary N) is 1. The van der Waals surface area contributed by atoms with Gasteiger partial charge in [0.2, 0.25) is 0 Å². The lowest BCUT2D eigenvalue weighted by atomic mass is 9.87. The van der Waals surface area contributed by atoms with Crippen LogP contribution >= 0.6 is 23.4 Å². The first-order valence-corrected chi connectivity index (χ1v) is 7.76. The zero-order valence-corrected chi connectivity index (χ0v) is 13.8. The zero-order valence-electron chi connectivity index (χ0n) is 12.3. The molecule has 0 atom stereocenters. The lowest BCUT2D eigenvalue weighted by Crippen LogP contribution is -2.12. The molecular weight excluding hydrogens is 302 g/mol. The molecule has 0 bridgehead atoms. The fourth-order valence-corrected chi connectivity index (χ4v) is 2.98. The van der Waals surface area contributed by atoms with Crippen LogP contribution in [0, 0.1) is 5.41 Å². The second-order valence-electron chi connectivity index (χ2n) is 5.77. The first-order chi connectivity index (χ1) is 9.79. The number of nitrogens with one attached hydrogen (secondary N) is 1. The van der Waals surface area contributed by atoms with Crippen LogP contribution < -0.4 is 5.73 Å². The summed E-state index contributed by atoms with van der Waals surface area (Å²) in [5, 5.41) is 8.59. The molecule has 21 heavy (non-hydrogen) atoms. The maximum atomic E-state index is 7.51. The lowest BCUT2D eigenvalue weighted by molar-refractivity contribution is 0.590. The molecule has 0 radical (unpaired) electrons. The van der Waals surface area contributed by atoms with Crippen molar-refractivity contribution in [3.8, 4) is 0 Å². The summed E-state index contributed by atoms with van der Waals surface area (Å²) in [5.74, 6) is -0.0488. The first kappa shape index (κ1) is 15.9. The summed E-state index contributed by atoms with van der Waals surface area (Å²) in [7, 11) is 0. The molecule has 0 saturated carbocycles. The largest absolute Gasteiger partial charge is 0.384 e. The summed E-state index contributed by atoms with van der Waals surface area (Å²) in [5.41, 5.74) is 7.43. The minimum atomic E-state index is -0.0488. The molecule has 2 rings (SSSR count). The van der Waals surface area contributed by atoms with Crippen molar-refractivity contribution in [3.63, 3.8) is 0 Å². The van der Waals surface area contributed by atoms with Crippen molar-refractivity contribution in [2.75, 3.05) is 0 Å². The Bertz CT molecular complexity index is 660. The first-order valence-electron chi connectivity index (χ1n) is 6.56. The van der Waals surface area contributed by atoms with E-state index in [-0.39, 0.29) is 11.3 Å². The highest BCUT2D eigenvalue weighted by Crippen LogP contribution is 2.34. The highest BCUT2D eigenvalue weighted by Gasteiger charge is 2.14. The number of hydrogen-bond acceptors (Lipinski definition) is 3. The SMILES string of the molecule is CC(C)(C)c1ccc(Sc2nccc(C(=N)N)c2Cl)cc1. The fourth-order valence-electron chi connectivity index (χ4n) is 1.84. The van der Waals surface area contributed by atoms with E-state index in [1.54, 1.807) is 12.3 Å². The third-order valence-corrected chi connectivity index (χ3v) is 4.59. The molecular formula is C16H18ClN3S. The van der Waals surface area contributed by atoms with Crippen LogP contribution in [0.1, 0.15) is 31.9 Å². The van der Waals surface area contributed by atoms with Gasteiger partial charge in [-0.1, -0.05) is 56.3 Å². The van der Waals surface area contributed by atoms with Gasteiger partial charge in [0.15, 0.2) is 0 Å². The Morgan fingerprint density at radius 2 is 1.81 bits per heavy atom. The van der Waals surface area contributed by atoms with Gasteiger partial charge in [-0.15, -0.1) is 0 Å². The molecule has 0 aliphatic carbocycles. The van der Waals surface area contributed by atoms with E-state index in [0.717, 1.165) is 4.90 Å². The van der Waals surface area contributed by atoms with Crippen molar-refractivity contribution in [1.82, 2.24) is 4.98 Å². The van der Waals surface area contributed by atoms with Crippen LogP contribution in [0.5, 0.6) is 0 Å². The quantitative estimate of drug-likeness (QED) is 0.648. The number of benzene rings is 1. The highest BCUT2D eigenvalue weighted by molar-refractivity contribution is 7.99. The van der Waals surface area contributed by atoms with Gasteiger partial charge in [-0.3, -0.25) is 5.41 Å². The van der Waals surface area contributed by atoms with Crippen LogP contribution in [0.15, 0.2) is 46.5 Å². The lowest BCUT2D eigenvalue weighted by Gasteiger charge is -2.19. The third-order valence-electron chi connectivity index (χ3n) is 3.08. The van der Waals surface area contributed by atoms with Gasteiger partial charge in [0.25, 0.3) is 0 Å². The van der Waals surface area contributed by atoms with E-state index in [1.165, 1.54) is 17.3 Å². The molecule has 3 nitrogen and oxygen atoms in total. The Morgan fingerprint density at radius 1 is 1.19 bits per heavy atom. The second-order valence-corrected chi connectivity index (χ2v) is 7.21. The van der Waals surface area contributed by atoms with Crippen molar-refractivity contribution in [2.45, 2.75) is 36.1 Å². The standard InChI is InChI=1S/C16H18ClN3S/c1-16(2,3)10-4-6-11(7-5-10)21-15-13(17)12(14(18)19)8-9-20-15/h4-9H,1-3H3,(H3,18,19). The summed E-state index contributed by atoms with van der Waals surface area (Å²) in [6.45, 7) is 6.55. The number of nitrogen functional groups attached to an aromatic ring is 1. The Balaban J connectivity index is 2.27. The summed E-state index contributed by atoms with van der Waals surface area (Å²) >= 11 is 7.72. The van der Waals surface area contributed by atoms with Crippen LogP contribution in [-0.2, 0) is 5.41 Å². The predicted octanol–water partition coefficient (Wildman–Crippen LogP) is 4.47. The summed E-state index contributed by atoms with van der Waals surface area (Å²) in [6.07, 6.45) is 1.62. The molecule has 0 saturated heterocycles. The van der Waals surface area contributed by atoms with Crippen LogP contribution in [0.3, 0.4) is 0 Å². The summed E-state index contributed by atoms with van der Waals surface area (Å²) in [4.78, 5) is 5.32. The molecule has 1 heterocycles. The van der Waals surface area contributed by atoms with Crippen molar-refractivity contribution >= 4 is 29.2 Å². The van der Waals surface area contributed by atoms with Crippen LogP contribution in [0.4, 0.5) is 0 Å². The minimum Gasteiger partial charge on any atom is -0.384 e. The van der Waals surface area contributed by atoms with E-state index in [2.05, 4.69) is 50.0 Å². The molecule has 0 aliphatic rings. The van der Waals surface area contributed by atoms with Crippen LogP contribution in [0.25, 0.3) is 0 Å². The molecule has 3 N–H and O–H groups in total. The smallest absolute Gasteiger partial charge is 0.124 e. The van der Waals surface area contributed by atoms with E-state index in [0.29, 0.717) is 15.6 Å². The van der Waals surface area contributed by atoms with Gasteiger partial charge < -0.3 is 5.73 Å². The number of aromatic nitrogens is 1. The third kappa shape index (κ3) is 3.77. The number of pyridine rings is 1. The molecule has 0 fully saturated rings. The van der Waals surface area contributed by atoms with Crippen molar-refractivity contribution in [3.05, 3.63) is 52.7 Å².